The number of nitrogens with one attached hydrogen (secondary N) is 2. The van der Waals surface area contributed by atoms with E-state index >= 15 is 0 Å². The summed E-state index contributed by atoms with van der Waals surface area (Å²) in [5, 5.41) is 12.5. The van der Waals surface area contributed by atoms with Crippen LogP contribution in [0, 0.1) is 0 Å². The molecule has 0 radical (unpaired) electrons. The summed E-state index contributed by atoms with van der Waals surface area (Å²) in [7, 11) is 0. The number of aliphatic carboxylic acids is 1. The Morgan fingerprint density at radius 1 is 1.07 bits per heavy atom. The lowest BCUT2D eigenvalue weighted by Gasteiger charge is -2.27. The second-order valence-electron chi connectivity index (χ2n) is 7.10. The molecule has 29 heavy (non-hydrogen) atoms. The van der Waals surface area contributed by atoms with Gasteiger partial charge in [-0.1, -0.05) is 12.1 Å². The zero-order valence-corrected chi connectivity index (χ0v) is 16.0. The number of carbonyl (C=O) groups is 5. The Labute approximate surface area is 166 Å². The second-order valence-corrected chi connectivity index (χ2v) is 7.10. The minimum atomic E-state index is -1.07. The van der Waals surface area contributed by atoms with Gasteiger partial charge in [-0.2, -0.15) is 0 Å². The molecule has 1 aromatic carbocycles. The fourth-order valence-corrected chi connectivity index (χ4v) is 3.49. The van der Waals surface area contributed by atoms with Gasteiger partial charge >= 0.3 is 5.97 Å². The van der Waals surface area contributed by atoms with E-state index in [1.54, 1.807) is 12.1 Å². The maximum atomic E-state index is 12.5. The van der Waals surface area contributed by atoms with E-state index < -0.39 is 47.7 Å². The van der Waals surface area contributed by atoms with Gasteiger partial charge in [0.25, 0.3) is 11.8 Å². The highest BCUT2D eigenvalue weighted by Gasteiger charge is 2.38. The number of likely N-dealkylation sites (tertiary alicyclic amines) is 1. The number of carboxylic acid groups (broad SMARTS) is 1. The molecule has 10 nitrogen and oxygen atoms in total. The predicted octanol–water partition coefficient (Wildman–Crippen LogP) is -0.244. The molecule has 4 amide bonds. The summed E-state index contributed by atoms with van der Waals surface area (Å²) < 4.78 is 0. The molecule has 2 aliphatic heterocycles. The summed E-state index contributed by atoms with van der Waals surface area (Å²) in [6, 6.07) is 3.50. The van der Waals surface area contributed by atoms with Crippen molar-refractivity contribution in [2.45, 2.75) is 44.8 Å². The van der Waals surface area contributed by atoms with Crippen molar-refractivity contribution in [1.82, 2.24) is 20.7 Å². The molecule has 0 spiro atoms. The smallest absolute Gasteiger partial charge is 0.326 e. The van der Waals surface area contributed by atoms with Gasteiger partial charge in [0, 0.05) is 6.54 Å². The number of carboxylic acids is 1. The minimum Gasteiger partial charge on any atom is -0.480 e. The molecule has 1 saturated heterocycles. The van der Waals surface area contributed by atoms with Crippen molar-refractivity contribution in [3.63, 3.8) is 0 Å². The third-order valence-electron chi connectivity index (χ3n) is 5.06. The summed E-state index contributed by atoms with van der Waals surface area (Å²) in [5.41, 5.74) is 3.06. The zero-order valence-electron chi connectivity index (χ0n) is 16.0. The van der Waals surface area contributed by atoms with Gasteiger partial charge in [0.15, 0.2) is 0 Å². The topological polar surface area (TPSA) is 136 Å². The van der Waals surface area contributed by atoms with Crippen LogP contribution < -0.4 is 10.7 Å². The Bertz CT molecular complexity index is 850. The van der Waals surface area contributed by atoms with E-state index in [9.17, 15) is 29.1 Å². The van der Waals surface area contributed by atoms with Crippen molar-refractivity contribution in [2.24, 2.45) is 0 Å². The van der Waals surface area contributed by atoms with Crippen LogP contribution in [0.15, 0.2) is 24.3 Å². The van der Waals surface area contributed by atoms with Crippen molar-refractivity contribution in [1.29, 1.82) is 0 Å². The number of imide groups is 1. The second kappa shape index (κ2) is 8.00. The summed E-state index contributed by atoms with van der Waals surface area (Å²) >= 11 is 0. The summed E-state index contributed by atoms with van der Waals surface area (Å²) in [5.74, 6) is -3.29. The third kappa shape index (κ3) is 3.83. The summed E-state index contributed by atoms with van der Waals surface area (Å²) in [6.07, 6.45) is 0.959. The molecule has 0 bridgehead atoms. The van der Waals surface area contributed by atoms with Crippen molar-refractivity contribution in [3.05, 3.63) is 35.4 Å². The normalized spacial score (nSPS) is 20.4. The van der Waals surface area contributed by atoms with Crippen LogP contribution >= 0.6 is 0 Å². The van der Waals surface area contributed by atoms with Crippen molar-refractivity contribution >= 4 is 29.6 Å². The quantitative estimate of drug-likeness (QED) is 0.559. The highest BCUT2D eigenvalue weighted by Crippen LogP contribution is 2.21. The zero-order chi connectivity index (χ0) is 21.3. The van der Waals surface area contributed by atoms with E-state index in [1.165, 1.54) is 30.9 Å². The highest BCUT2D eigenvalue weighted by atomic mass is 16.4. The van der Waals surface area contributed by atoms with Crippen LogP contribution in [0.4, 0.5) is 0 Å². The largest absolute Gasteiger partial charge is 0.480 e. The number of fused-ring (bicyclic) bond motifs is 1. The molecule has 2 aliphatic rings. The van der Waals surface area contributed by atoms with Crippen molar-refractivity contribution in [3.8, 4) is 0 Å². The molecule has 1 aromatic rings. The molecule has 3 rings (SSSR count). The van der Waals surface area contributed by atoms with Gasteiger partial charge < -0.3 is 15.3 Å². The van der Waals surface area contributed by atoms with Gasteiger partial charge in [-0.3, -0.25) is 19.2 Å². The third-order valence-corrected chi connectivity index (χ3v) is 5.06. The molecule has 0 unspecified atom stereocenters. The molecule has 2 heterocycles. The Kier molecular flexibility index (Phi) is 5.64. The van der Waals surface area contributed by atoms with Gasteiger partial charge in [-0.05, 0) is 38.8 Å². The Morgan fingerprint density at radius 3 is 2.21 bits per heavy atom. The lowest BCUT2D eigenvalue weighted by molar-refractivity contribution is -0.149. The standard InChI is InChI=1S/C19H22N4O6/c1-10(21-23-17(26)12-6-3-4-7-13(12)18(23)27)15(24)20-11(2)16(25)22-9-5-8-14(22)19(28)29/h3-4,6-7,10-11,14,21H,5,8-9H2,1-2H3,(H,20,24)(H,28,29)/t10-,11-,14-/m0/s1. The molecule has 10 heteroatoms. The van der Waals surface area contributed by atoms with Gasteiger partial charge in [-0.25, -0.2) is 15.2 Å². The lowest BCUT2D eigenvalue weighted by atomic mass is 10.1. The number of carbonyl (C=O) groups excluding carboxylic acids is 4. The van der Waals surface area contributed by atoms with Crippen LogP contribution in [0.1, 0.15) is 47.4 Å². The van der Waals surface area contributed by atoms with E-state index in [4.69, 9.17) is 0 Å². The Balaban J connectivity index is 1.60. The van der Waals surface area contributed by atoms with Crippen LogP contribution in [-0.2, 0) is 14.4 Å². The fraction of sp³-hybridized carbons (Fsp3) is 0.421. The van der Waals surface area contributed by atoms with E-state index in [-0.39, 0.29) is 11.1 Å². The first-order valence-electron chi connectivity index (χ1n) is 9.30. The van der Waals surface area contributed by atoms with Gasteiger partial charge in [-0.15, -0.1) is 0 Å². The first kappa shape index (κ1) is 20.5. The molecule has 0 saturated carbocycles. The van der Waals surface area contributed by atoms with Crippen molar-refractivity contribution in [2.75, 3.05) is 6.54 Å². The average Bonchev–Trinajstić information content (AvgIpc) is 3.27. The Hall–Kier alpha value is -3.27. The van der Waals surface area contributed by atoms with Crippen LogP contribution in [0.2, 0.25) is 0 Å². The van der Waals surface area contributed by atoms with Crippen LogP contribution in [0.5, 0.6) is 0 Å². The highest BCUT2D eigenvalue weighted by molar-refractivity contribution is 6.21. The summed E-state index contributed by atoms with van der Waals surface area (Å²) in [4.78, 5) is 62.2. The number of benzene rings is 1. The minimum absolute atomic E-state index is 0.245. The number of hydrogen-bond acceptors (Lipinski definition) is 6. The number of rotatable bonds is 6. The van der Waals surface area contributed by atoms with Gasteiger partial charge in [0.05, 0.1) is 11.1 Å². The summed E-state index contributed by atoms with van der Waals surface area (Å²) in [6.45, 7) is 3.23. The molecule has 3 atom stereocenters. The van der Waals surface area contributed by atoms with Gasteiger partial charge in [0.1, 0.15) is 18.1 Å². The molecular weight excluding hydrogens is 380 g/mol. The fourth-order valence-electron chi connectivity index (χ4n) is 3.49. The molecule has 3 N–H and O–H groups in total. The maximum Gasteiger partial charge on any atom is 0.326 e. The maximum absolute atomic E-state index is 12.5. The average molecular weight is 402 g/mol. The number of hydrazine groups is 1. The number of hydrogen-bond donors (Lipinski definition) is 3. The Morgan fingerprint density at radius 2 is 1.66 bits per heavy atom. The van der Waals surface area contributed by atoms with Crippen LogP contribution in [0.25, 0.3) is 0 Å². The molecule has 154 valence electrons. The molecular formula is C19H22N4O6. The van der Waals surface area contributed by atoms with E-state index in [0.717, 1.165) is 5.01 Å². The molecule has 0 aromatic heterocycles. The molecule has 0 aliphatic carbocycles. The predicted molar refractivity (Wildman–Crippen MR) is 99.5 cm³/mol. The first-order valence-corrected chi connectivity index (χ1v) is 9.30. The van der Waals surface area contributed by atoms with Gasteiger partial charge in [0.2, 0.25) is 11.8 Å². The lowest BCUT2D eigenvalue weighted by Crippen LogP contribution is -2.56. The number of nitrogens with zero attached hydrogens (tertiary/aromatic N) is 2. The first-order chi connectivity index (χ1) is 13.7. The van der Waals surface area contributed by atoms with Crippen molar-refractivity contribution < 1.29 is 29.1 Å². The molecule has 1 fully saturated rings. The van der Waals surface area contributed by atoms with Crippen LogP contribution in [0.3, 0.4) is 0 Å². The monoisotopic (exact) mass is 402 g/mol. The van der Waals surface area contributed by atoms with Crippen LogP contribution in [-0.4, -0.2) is 69.3 Å². The van der Waals surface area contributed by atoms with E-state index in [2.05, 4.69) is 10.7 Å². The van der Waals surface area contributed by atoms with E-state index in [0.29, 0.717) is 19.4 Å². The number of amides is 4. The van der Waals surface area contributed by atoms with E-state index in [1.807, 2.05) is 0 Å². The SMILES string of the molecule is C[C@H](NN1C(=O)c2ccccc2C1=O)C(=O)N[C@@H](C)C(=O)N1CCC[C@H]1C(=O)O.